The van der Waals surface area contributed by atoms with Gasteiger partial charge in [-0.2, -0.15) is 0 Å². The zero-order valence-corrected chi connectivity index (χ0v) is 11.5. The van der Waals surface area contributed by atoms with Crippen molar-refractivity contribution in [1.82, 2.24) is 0 Å². The molecule has 2 aromatic rings. The van der Waals surface area contributed by atoms with Gasteiger partial charge in [0.25, 0.3) is 0 Å². The molecule has 0 saturated carbocycles. The lowest BCUT2D eigenvalue weighted by Crippen LogP contribution is -1.98. The largest absolute Gasteiger partial charge is 0.463 e. The number of hydrogen-bond donors (Lipinski definition) is 1. The van der Waals surface area contributed by atoms with Crippen LogP contribution >= 0.6 is 0 Å². The van der Waals surface area contributed by atoms with Crippen LogP contribution in [-0.4, -0.2) is 12.6 Å². The normalized spacial score (nSPS) is 9.65. The van der Waals surface area contributed by atoms with Crippen molar-refractivity contribution in [2.45, 2.75) is 6.92 Å². The zero-order chi connectivity index (χ0) is 14.6. The van der Waals surface area contributed by atoms with Crippen molar-refractivity contribution in [2.24, 2.45) is 0 Å². The molecule has 0 aliphatic heterocycles. The molecule has 20 heavy (non-hydrogen) atoms. The van der Waals surface area contributed by atoms with Crippen molar-refractivity contribution in [1.29, 1.82) is 0 Å². The number of esters is 1. The Balaban J connectivity index is 0.000000276. The Morgan fingerprint density at radius 3 is 2.20 bits per heavy atom. The topological polar surface area (TPSA) is 52.3 Å². The van der Waals surface area contributed by atoms with Crippen molar-refractivity contribution < 1.29 is 9.53 Å². The number of carbonyl (C=O) groups excluding carboxylic acids is 1. The molecule has 0 atom stereocenters. The molecule has 0 aliphatic carbocycles. The Labute approximate surface area is 119 Å². The number of rotatable bonds is 3. The maximum atomic E-state index is 11.0. The third kappa shape index (κ3) is 7.01. The Hall–Kier alpha value is -2.55. The first-order valence-corrected chi connectivity index (χ1v) is 6.42. The van der Waals surface area contributed by atoms with E-state index in [1.54, 1.807) is 25.1 Å². The van der Waals surface area contributed by atoms with Gasteiger partial charge in [-0.15, -0.1) is 0 Å². The highest BCUT2D eigenvalue weighted by Gasteiger charge is 1.93. The van der Waals surface area contributed by atoms with Gasteiger partial charge in [0.05, 0.1) is 6.61 Å². The first-order valence-electron chi connectivity index (χ1n) is 6.42. The Morgan fingerprint density at radius 2 is 1.70 bits per heavy atom. The summed E-state index contributed by atoms with van der Waals surface area (Å²) in [6.07, 6.45) is 3.06. The van der Waals surface area contributed by atoms with Gasteiger partial charge in [-0.1, -0.05) is 48.5 Å². The molecule has 2 rings (SSSR count). The molecule has 104 valence electrons. The van der Waals surface area contributed by atoms with Gasteiger partial charge < -0.3 is 10.5 Å². The number of ether oxygens (including phenoxy) is 1. The van der Waals surface area contributed by atoms with Crippen molar-refractivity contribution in [3.63, 3.8) is 0 Å². The van der Waals surface area contributed by atoms with E-state index in [9.17, 15) is 4.79 Å². The van der Waals surface area contributed by atoms with Crippen LogP contribution in [0.5, 0.6) is 0 Å². The summed E-state index contributed by atoms with van der Waals surface area (Å²) in [5.74, 6) is -0.338. The van der Waals surface area contributed by atoms with Gasteiger partial charge in [0.2, 0.25) is 0 Å². The van der Waals surface area contributed by atoms with Crippen LogP contribution in [-0.2, 0) is 9.53 Å². The molecule has 0 heterocycles. The van der Waals surface area contributed by atoms with E-state index in [0.29, 0.717) is 12.3 Å². The highest BCUT2D eigenvalue weighted by molar-refractivity contribution is 5.87. The maximum Gasteiger partial charge on any atom is 0.330 e. The zero-order valence-electron chi connectivity index (χ0n) is 11.5. The molecule has 0 unspecified atom stereocenters. The molecule has 0 aliphatic rings. The molecule has 2 N–H and O–H groups in total. The minimum absolute atomic E-state index is 0.338. The van der Waals surface area contributed by atoms with Crippen LogP contribution in [0.15, 0.2) is 66.7 Å². The molecule has 0 radical (unpaired) electrons. The van der Waals surface area contributed by atoms with E-state index in [0.717, 1.165) is 5.56 Å². The summed E-state index contributed by atoms with van der Waals surface area (Å²) >= 11 is 0. The van der Waals surface area contributed by atoms with Crippen LogP contribution in [0.25, 0.3) is 6.08 Å². The molecule has 0 aromatic heterocycles. The van der Waals surface area contributed by atoms with E-state index in [2.05, 4.69) is 0 Å². The van der Waals surface area contributed by atoms with Crippen molar-refractivity contribution in [3.05, 3.63) is 72.3 Å². The van der Waals surface area contributed by atoms with Crippen molar-refractivity contribution >= 4 is 17.7 Å². The molecule has 2 aromatic carbocycles. The highest BCUT2D eigenvalue weighted by atomic mass is 16.5. The molecule has 3 heteroatoms. The second kappa shape index (κ2) is 9.39. The third-order valence-electron chi connectivity index (χ3n) is 2.28. The summed E-state index contributed by atoms with van der Waals surface area (Å²) < 4.78 is 4.74. The first kappa shape index (κ1) is 15.5. The van der Waals surface area contributed by atoms with Gasteiger partial charge in [0.15, 0.2) is 0 Å². The van der Waals surface area contributed by atoms with Crippen molar-refractivity contribution in [3.8, 4) is 0 Å². The molecule has 0 spiro atoms. The van der Waals surface area contributed by atoms with Crippen LogP contribution in [0, 0.1) is 0 Å². The lowest BCUT2D eigenvalue weighted by atomic mass is 10.2. The van der Waals surface area contributed by atoms with E-state index >= 15 is 0 Å². The van der Waals surface area contributed by atoms with Crippen LogP contribution in [0.2, 0.25) is 0 Å². The summed E-state index contributed by atoms with van der Waals surface area (Å²) in [7, 11) is 0. The smallest absolute Gasteiger partial charge is 0.330 e. The second-order valence-electron chi connectivity index (χ2n) is 3.91. The van der Waals surface area contributed by atoms with E-state index in [4.69, 9.17) is 10.5 Å². The molecule has 3 nitrogen and oxygen atoms in total. The standard InChI is InChI=1S/C11H13NO2.C6H6/c1-2-14-11(13)7-6-9-4-3-5-10(12)8-9;1-2-4-6-5-3-1/h3-8H,2,12H2,1H3;1-6H. The van der Waals surface area contributed by atoms with E-state index < -0.39 is 0 Å². The lowest BCUT2D eigenvalue weighted by Gasteiger charge is -1.96. The molecule has 0 bridgehead atoms. The van der Waals surface area contributed by atoms with Crippen LogP contribution in [0.1, 0.15) is 12.5 Å². The Bertz CT molecular complexity index is 509. The predicted octanol–water partition coefficient (Wildman–Crippen LogP) is 3.53. The van der Waals surface area contributed by atoms with Gasteiger partial charge >= 0.3 is 5.97 Å². The summed E-state index contributed by atoms with van der Waals surface area (Å²) in [4.78, 5) is 11.0. The van der Waals surface area contributed by atoms with Crippen LogP contribution < -0.4 is 5.73 Å². The number of nitrogen functional groups attached to an aromatic ring is 1. The van der Waals surface area contributed by atoms with Gasteiger partial charge in [-0.05, 0) is 30.7 Å². The number of hydrogen-bond acceptors (Lipinski definition) is 3. The average Bonchev–Trinajstić information content (AvgIpc) is 2.48. The summed E-state index contributed by atoms with van der Waals surface area (Å²) in [6, 6.07) is 19.3. The van der Waals surface area contributed by atoms with Gasteiger partial charge in [-0.3, -0.25) is 0 Å². The minimum Gasteiger partial charge on any atom is -0.463 e. The monoisotopic (exact) mass is 269 g/mol. The fraction of sp³-hybridized carbons (Fsp3) is 0.118. The molecule has 0 fully saturated rings. The maximum absolute atomic E-state index is 11.0. The number of carbonyl (C=O) groups is 1. The van der Waals surface area contributed by atoms with Crippen LogP contribution in [0.3, 0.4) is 0 Å². The molecular formula is C17H19NO2. The van der Waals surface area contributed by atoms with E-state index in [1.165, 1.54) is 6.08 Å². The van der Waals surface area contributed by atoms with Gasteiger partial charge in [-0.25, -0.2) is 4.79 Å². The lowest BCUT2D eigenvalue weighted by molar-refractivity contribution is -0.137. The quantitative estimate of drug-likeness (QED) is 0.527. The predicted molar refractivity (Wildman–Crippen MR) is 83.0 cm³/mol. The molecule has 0 amide bonds. The first-order chi connectivity index (χ1) is 9.72. The fourth-order valence-corrected chi connectivity index (χ4v) is 1.40. The van der Waals surface area contributed by atoms with Crippen LogP contribution in [0.4, 0.5) is 5.69 Å². The van der Waals surface area contributed by atoms with E-state index in [1.807, 2.05) is 48.5 Å². The number of benzene rings is 2. The fourth-order valence-electron chi connectivity index (χ4n) is 1.40. The molecular weight excluding hydrogens is 250 g/mol. The van der Waals surface area contributed by atoms with Gasteiger partial charge in [0, 0.05) is 11.8 Å². The summed E-state index contributed by atoms with van der Waals surface area (Å²) in [5.41, 5.74) is 7.14. The van der Waals surface area contributed by atoms with E-state index in [-0.39, 0.29) is 5.97 Å². The summed E-state index contributed by atoms with van der Waals surface area (Å²) in [6.45, 7) is 2.16. The average molecular weight is 269 g/mol. The third-order valence-corrected chi connectivity index (χ3v) is 2.28. The van der Waals surface area contributed by atoms with Crippen molar-refractivity contribution in [2.75, 3.05) is 12.3 Å². The highest BCUT2D eigenvalue weighted by Crippen LogP contribution is 2.07. The van der Waals surface area contributed by atoms with Gasteiger partial charge in [0.1, 0.15) is 0 Å². The molecule has 0 saturated heterocycles. The number of nitrogens with two attached hydrogens (primary N) is 1. The number of anilines is 1. The Morgan fingerprint density at radius 1 is 1.10 bits per heavy atom. The summed E-state index contributed by atoms with van der Waals surface area (Å²) in [5, 5.41) is 0. The second-order valence-corrected chi connectivity index (χ2v) is 3.91. The Kier molecular flexibility index (Phi) is 7.28. The minimum atomic E-state index is -0.338. The SMILES string of the molecule is CCOC(=O)C=Cc1cccc(N)c1.c1ccccc1.